The Kier molecular flexibility index (Phi) is 3.69. The first-order valence-corrected chi connectivity index (χ1v) is 6.94. The Morgan fingerprint density at radius 2 is 2.05 bits per heavy atom. The number of hydrogen-bond donors (Lipinski definition) is 1. The predicted octanol–water partition coefficient (Wildman–Crippen LogP) is 2.52. The highest BCUT2D eigenvalue weighted by molar-refractivity contribution is 5.43. The summed E-state index contributed by atoms with van der Waals surface area (Å²) in [5.74, 6) is 1.47. The Balaban J connectivity index is 1.67. The van der Waals surface area contributed by atoms with E-state index in [9.17, 15) is 0 Å². The molecule has 0 atom stereocenters. The average molecular weight is 273 g/mol. The first kappa shape index (κ1) is 13.1. The molecule has 0 aliphatic heterocycles. The number of aryl methyl sites for hydroxylation is 2. The highest BCUT2D eigenvalue weighted by Gasteiger charge is 2.20. The summed E-state index contributed by atoms with van der Waals surface area (Å²) in [5.41, 5.74) is 3.58. The molecule has 106 valence electrons. The lowest BCUT2D eigenvalue weighted by Gasteiger charge is -2.13. The van der Waals surface area contributed by atoms with Crippen molar-refractivity contribution < 1.29 is 9.26 Å². The number of benzene rings is 1. The second-order valence-corrected chi connectivity index (χ2v) is 5.35. The molecule has 5 heteroatoms. The zero-order chi connectivity index (χ0) is 13.9. The summed E-state index contributed by atoms with van der Waals surface area (Å²) >= 11 is 0. The van der Waals surface area contributed by atoms with E-state index in [1.54, 1.807) is 0 Å². The molecule has 0 spiro atoms. The first-order valence-electron chi connectivity index (χ1n) is 6.94. The molecule has 20 heavy (non-hydrogen) atoms. The van der Waals surface area contributed by atoms with Crippen molar-refractivity contribution in [2.75, 3.05) is 0 Å². The van der Waals surface area contributed by atoms with Crippen LogP contribution in [0.4, 0.5) is 0 Å². The van der Waals surface area contributed by atoms with E-state index in [1.165, 1.54) is 24.8 Å². The van der Waals surface area contributed by atoms with Crippen LogP contribution in [0.1, 0.15) is 35.4 Å². The SMILES string of the molecule is Cc1cc(CNC2CC2)cc(C)c1OCc1ncon1. The van der Waals surface area contributed by atoms with Gasteiger partial charge in [-0.25, -0.2) is 0 Å². The van der Waals surface area contributed by atoms with E-state index in [1.807, 2.05) is 0 Å². The van der Waals surface area contributed by atoms with Gasteiger partial charge in [0.25, 0.3) is 0 Å². The summed E-state index contributed by atoms with van der Waals surface area (Å²) in [7, 11) is 0. The van der Waals surface area contributed by atoms with Crippen molar-refractivity contribution in [3.8, 4) is 5.75 Å². The molecule has 1 aromatic carbocycles. The molecule has 3 rings (SSSR count). The molecule has 1 aliphatic carbocycles. The Labute approximate surface area is 118 Å². The van der Waals surface area contributed by atoms with E-state index in [0.717, 1.165) is 29.5 Å². The summed E-state index contributed by atoms with van der Waals surface area (Å²) in [6.07, 6.45) is 3.93. The quantitative estimate of drug-likeness (QED) is 0.876. The van der Waals surface area contributed by atoms with Gasteiger partial charge in [0.15, 0.2) is 6.61 Å². The summed E-state index contributed by atoms with van der Waals surface area (Å²) < 4.78 is 10.5. The number of aromatic nitrogens is 2. The van der Waals surface area contributed by atoms with E-state index < -0.39 is 0 Å². The van der Waals surface area contributed by atoms with Gasteiger partial charge in [-0.2, -0.15) is 4.98 Å². The van der Waals surface area contributed by atoms with Gasteiger partial charge in [-0.15, -0.1) is 0 Å². The number of nitrogens with zero attached hydrogens (tertiary/aromatic N) is 2. The molecule has 0 saturated heterocycles. The van der Waals surface area contributed by atoms with Crippen LogP contribution in [0.5, 0.6) is 5.75 Å². The Morgan fingerprint density at radius 3 is 2.65 bits per heavy atom. The van der Waals surface area contributed by atoms with Crippen LogP contribution in [0.2, 0.25) is 0 Å². The minimum atomic E-state index is 0.331. The molecule has 1 aliphatic rings. The lowest BCUT2D eigenvalue weighted by atomic mass is 10.1. The topological polar surface area (TPSA) is 60.2 Å². The van der Waals surface area contributed by atoms with E-state index in [4.69, 9.17) is 9.26 Å². The largest absolute Gasteiger partial charge is 0.485 e. The molecule has 2 aromatic rings. The van der Waals surface area contributed by atoms with Crippen molar-refractivity contribution in [2.24, 2.45) is 0 Å². The highest BCUT2D eigenvalue weighted by Crippen LogP contribution is 2.26. The molecule has 1 saturated carbocycles. The Hall–Kier alpha value is -1.88. The van der Waals surface area contributed by atoms with Gasteiger partial charge in [-0.1, -0.05) is 17.3 Å². The van der Waals surface area contributed by atoms with Crippen LogP contribution in [0.15, 0.2) is 23.0 Å². The van der Waals surface area contributed by atoms with Gasteiger partial charge in [0.1, 0.15) is 5.75 Å². The third-order valence-corrected chi connectivity index (χ3v) is 3.44. The maximum Gasteiger partial charge on any atom is 0.213 e. The third kappa shape index (κ3) is 3.17. The maximum atomic E-state index is 5.80. The second-order valence-electron chi connectivity index (χ2n) is 5.35. The molecule has 0 unspecified atom stereocenters. The minimum Gasteiger partial charge on any atom is -0.485 e. The fourth-order valence-electron chi connectivity index (χ4n) is 2.31. The second kappa shape index (κ2) is 5.63. The molecule has 0 bridgehead atoms. The van der Waals surface area contributed by atoms with Gasteiger partial charge in [0.2, 0.25) is 12.2 Å². The fourth-order valence-corrected chi connectivity index (χ4v) is 2.31. The van der Waals surface area contributed by atoms with Crippen molar-refractivity contribution in [3.63, 3.8) is 0 Å². The lowest BCUT2D eigenvalue weighted by molar-refractivity contribution is 0.283. The van der Waals surface area contributed by atoms with E-state index >= 15 is 0 Å². The zero-order valence-corrected chi connectivity index (χ0v) is 11.8. The maximum absolute atomic E-state index is 5.80. The van der Waals surface area contributed by atoms with Crippen LogP contribution in [0.25, 0.3) is 0 Å². The number of nitrogens with one attached hydrogen (secondary N) is 1. The van der Waals surface area contributed by atoms with Gasteiger partial charge in [0.05, 0.1) is 0 Å². The van der Waals surface area contributed by atoms with Gasteiger partial charge in [-0.3, -0.25) is 0 Å². The van der Waals surface area contributed by atoms with Crippen LogP contribution < -0.4 is 10.1 Å². The smallest absolute Gasteiger partial charge is 0.213 e. The van der Waals surface area contributed by atoms with Crippen molar-refractivity contribution in [1.82, 2.24) is 15.5 Å². The predicted molar refractivity (Wildman–Crippen MR) is 74.4 cm³/mol. The number of rotatable bonds is 6. The molecule has 1 fully saturated rings. The molecular weight excluding hydrogens is 254 g/mol. The zero-order valence-electron chi connectivity index (χ0n) is 11.8. The van der Waals surface area contributed by atoms with E-state index in [2.05, 4.69) is 41.4 Å². The van der Waals surface area contributed by atoms with Gasteiger partial charge < -0.3 is 14.6 Å². The van der Waals surface area contributed by atoms with Gasteiger partial charge >= 0.3 is 0 Å². The molecule has 1 aromatic heterocycles. The van der Waals surface area contributed by atoms with Crippen molar-refractivity contribution >= 4 is 0 Å². The van der Waals surface area contributed by atoms with Crippen LogP contribution in [-0.2, 0) is 13.2 Å². The van der Waals surface area contributed by atoms with Crippen LogP contribution >= 0.6 is 0 Å². The van der Waals surface area contributed by atoms with Crippen LogP contribution in [0, 0.1) is 13.8 Å². The molecule has 1 N–H and O–H groups in total. The Bertz CT molecular complexity index is 554. The fraction of sp³-hybridized carbons (Fsp3) is 0.467. The summed E-state index contributed by atoms with van der Waals surface area (Å²) in [4.78, 5) is 3.95. The van der Waals surface area contributed by atoms with Gasteiger partial charge in [0, 0.05) is 12.6 Å². The summed E-state index contributed by atoms with van der Waals surface area (Å²) in [5, 5.41) is 7.27. The summed E-state index contributed by atoms with van der Waals surface area (Å²) in [6.45, 7) is 5.40. The monoisotopic (exact) mass is 273 g/mol. The van der Waals surface area contributed by atoms with Crippen LogP contribution in [0.3, 0.4) is 0 Å². The molecule has 1 heterocycles. The average Bonchev–Trinajstić information content (AvgIpc) is 3.10. The van der Waals surface area contributed by atoms with Crippen molar-refractivity contribution in [3.05, 3.63) is 41.0 Å². The molecular formula is C15H19N3O2. The molecule has 5 nitrogen and oxygen atoms in total. The molecule has 0 radical (unpaired) electrons. The van der Waals surface area contributed by atoms with Crippen molar-refractivity contribution in [1.29, 1.82) is 0 Å². The highest BCUT2D eigenvalue weighted by atomic mass is 16.5. The standard InChI is InChI=1S/C15H19N3O2/c1-10-5-12(7-16-13-3-4-13)6-11(2)15(10)19-8-14-17-9-20-18-14/h5-6,9,13,16H,3-4,7-8H2,1-2H3. The normalized spacial score (nSPS) is 14.5. The van der Waals surface area contributed by atoms with Gasteiger partial charge in [-0.05, 0) is 43.4 Å². The summed E-state index contributed by atoms with van der Waals surface area (Å²) in [6, 6.07) is 5.08. The minimum absolute atomic E-state index is 0.331. The lowest BCUT2D eigenvalue weighted by Crippen LogP contribution is -2.15. The first-order chi connectivity index (χ1) is 9.72. The van der Waals surface area contributed by atoms with E-state index in [-0.39, 0.29) is 0 Å². The van der Waals surface area contributed by atoms with Crippen LogP contribution in [-0.4, -0.2) is 16.2 Å². The Morgan fingerprint density at radius 1 is 1.30 bits per heavy atom. The molecule has 0 amide bonds. The number of hydrogen-bond acceptors (Lipinski definition) is 5. The van der Waals surface area contributed by atoms with E-state index in [0.29, 0.717) is 12.4 Å². The van der Waals surface area contributed by atoms with Crippen molar-refractivity contribution in [2.45, 2.75) is 45.9 Å². The number of ether oxygens (including phenoxy) is 1. The third-order valence-electron chi connectivity index (χ3n) is 3.44.